The van der Waals surface area contributed by atoms with Gasteiger partial charge in [0.15, 0.2) is 0 Å². The van der Waals surface area contributed by atoms with Crippen LogP contribution in [0.3, 0.4) is 0 Å². The number of hydrogen-bond donors (Lipinski definition) is 0. The lowest BCUT2D eigenvalue weighted by Crippen LogP contribution is -2.54. The SMILES string of the molecule is O=C1CCC(=O)N2[C@H](C3=CC=CC3)P(c3ccccc3)[C@H](C3=CC=CC3)N12. The summed E-state index contributed by atoms with van der Waals surface area (Å²) in [5.41, 5.74) is 2.49. The molecule has 1 unspecified atom stereocenters. The Morgan fingerprint density at radius 3 is 1.74 bits per heavy atom. The summed E-state index contributed by atoms with van der Waals surface area (Å²) in [5.74, 6) is 0.0658. The molecule has 3 atom stereocenters. The summed E-state index contributed by atoms with van der Waals surface area (Å²) in [6, 6.07) is 10.5. The summed E-state index contributed by atoms with van der Waals surface area (Å²) in [6.07, 6.45) is 15.0. The first-order valence-corrected chi connectivity index (χ1v) is 10.9. The number of amides is 2. The zero-order chi connectivity index (χ0) is 18.4. The summed E-state index contributed by atoms with van der Waals surface area (Å²) in [5, 5.41) is 4.87. The third-order valence-corrected chi connectivity index (χ3v) is 8.65. The Hall–Kier alpha value is -2.45. The van der Waals surface area contributed by atoms with Gasteiger partial charge in [-0.2, -0.15) is 0 Å². The topological polar surface area (TPSA) is 40.6 Å². The summed E-state index contributed by atoms with van der Waals surface area (Å²) in [4.78, 5) is 26.0. The Morgan fingerprint density at radius 2 is 1.30 bits per heavy atom. The minimum Gasteiger partial charge on any atom is -0.273 e. The predicted molar refractivity (Wildman–Crippen MR) is 107 cm³/mol. The van der Waals surface area contributed by atoms with Crippen LogP contribution in [0.1, 0.15) is 25.7 Å². The maximum atomic E-state index is 13.0. The molecule has 27 heavy (non-hydrogen) atoms. The van der Waals surface area contributed by atoms with Crippen molar-refractivity contribution in [2.24, 2.45) is 0 Å². The van der Waals surface area contributed by atoms with E-state index in [2.05, 4.69) is 60.7 Å². The van der Waals surface area contributed by atoms with Gasteiger partial charge in [-0.3, -0.25) is 9.59 Å². The molecular formula is C22H21N2O2P. The molecule has 1 aromatic rings. The average molecular weight is 376 g/mol. The number of benzene rings is 1. The molecule has 2 aliphatic heterocycles. The normalized spacial score (nSPS) is 29.4. The average Bonchev–Trinajstić information content (AvgIpc) is 3.44. The van der Waals surface area contributed by atoms with Crippen molar-refractivity contribution in [2.45, 2.75) is 37.2 Å². The molecule has 4 nitrogen and oxygen atoms in total. The fraction of sp³-hybridized carbons (Fsp3) is 0.273. The highest BCUT2D eigenvalue weighted by atomic mass is 31.1. The van der Waals surface area contributed by atoms with E-state index in [9.17, 15) is 9.59 Å². The van der Waals surface area contributed by atoms with Gasteiger partial charge in [0.2, 0.25) is 11.8 Å². The third kappa shape index (κ3) is 2.62. The Morgan fingerprint density at radius 1 is 0.778 bits per heavy atom. The van der Waals surface area contributed by atoms with Gasteiger partial charge in [-0.25, -0.2) is 10.0 Å². The first-order valence-electron chi connectivity index (χ1n) is 9.44. The zero-order valence-electron chi connectivity index (χ0n) is 15.0. The molecule has 2 heterocycles. The lowest BCUT2D eigenvalue weighted by atomic mass is 10.1. The van der Waals surface area contributed by atoms with E-state index >= 15 is 0 Å². The Balaban J connectivity index is 1.69. The predicted octanol–water partition coefficient (Wildman–Crippen LogP) is 3.60. The van der Waals surface area contributed by atoms with Gasteiger partial charge in [-0.05, 0) is 37.2 Å². The van der Waals surface area contributed by atoms with Crippen molar-refractivity contribution in [2.75, 3.05) is 0 Å². The first kappa shape index (κ1) is 16.7. The molecule has 0 saturated carbocycles. The molecule has 0 aromatic heterocycles. The standard InChI is InChI=1S/C22H21N2O2P/c25-19-14-15-20(26)24-22(17-10-6-7-11-17)27(18-12-2-1-3-13-18)21(23(19)24)16-8-4-5-9-16/h1-8,10,12-13,21-22H,9,11,14-15H2/t21-,22+,27?. The number of fused-ring (bicyclic) bond motifs is 1. The maximum Gasteiger partial charge on any atom is 0.242 e. The maximum absolute atomic E-state index is 13.0. The number of hydrogen-bond acceptors (Lipinski definition) is 2. The monoisotopic (exact) mass is 376 g/mol. The quantitative estimate of drug-likeness (QED) is 0.757. The Labute approximate surface area is 160 Å². The van der Waals surface area contributed by atoms with Gasteiger partial charge < -0.3 is 0 Å². The third-order valence-electron chi connectivity index (χ3n) is 5.60. The molecule has 2 aliphatic carbocycles. The Kier molecular flexibility index (Phi) is 4.09. The van der Waals surface area contributed by atoms with Gasteiger partial charge in [0.25, 0.3) is 0 Å². The molecule has 2 amide bonds. The van der Waals surface area contributed by atoms with Gasteiger partial charge in [-0.15, -0.1) is 0 Å². The van der Waals surface area contributed by atoms with Crippen LogP contribution in [-0.2, 0) is 9.59 Å². The van der Waals surface area contributed by atoms with Crippen molar-refractivity contribution in [1.82, 2.24) is 10.0 Å². The number of rotatable bonds is 3. The van der Waals surface area contributed by atoms with E-state index in [4.69, 9.17) is 0 Å². The van der Waals surface area contributed by atoms with Crippen LogP contribution in [0, 0.1) is 0 Å². The van der Waals surface area contributed by atoms with Crippen molar-refractivity contribution in [3.63, 3.8) is 0 Å². The van der Waals surface area contributed by atoms with E-state index in [1.54, 1.807) is 0 Å². The highest BCUT2D eigenvalue weighted by Gasteiger charge is 2.55. The molecule has 0 bridgehead atoms. The highest BCUT2D eigenvalue weighted by molar-refractivity contribution is 7.67. The highest BCUT2D eigenvalue weighted by Crippen LogP contribution is 2.61. The van der Waals surface area contributed by atoms with Crippen LogP contribution in [0.5, 0.6) is 0 Å². The fourth-order valence-electron chi connectivity index (χ4n) is 4.43. The minimum atomic E-state index is -0.799. The molecule has 1 aromatic carbocycles. The van der Waals surface area contributed by atoms with Crippen LogP contribution in [-0.4, -0.2) is 33.4 Å². The summed E-state index contributed by atoms with van der Waals surface area (Å²) in [7, 11) is -0.799. The van der Waals surface area contributed by atoms with Gasteiger partial charge in [0, 0.05) is 12.8 Å². The molecule has 2 fully saturated rings. The van der Waals surface area contributed by atoms with Crippen LogP contribution in [0.25, 0.3) is 0 Å². The second-order valence-electron chi connectivity index (χ2n) is 7.21. The van der Waals surface area contributed by atoms with Crippen LogP contribution < -0.4 is 5.30 Å². The van der Waals surface area contributed by atoms with E-state index in [1.165, 1.54) is 16.5 Å². The van der Waals surface area contributed by atoms with E-state index in [0.29, 0.717) is 12.8 Å². The molecule has 4 aliphatic rings. The lowest BCUT2D eigenvalue weighted by Gasteiger charge is -2.38. The van der Waals surface area contributed by atoms with Crippen molar-refractivity contribution in [3.8, 4) is 0 Å². The fourth-order valence-corrected chi connectivity index (χ4v) is 7.82. The second kappa shape index (κ2) is 6.61. The molecule has 2 saturated heterocycles. The van der Waals surface area contributed by atoms with Crippen LogP contribution in [0.2, 0.25) is 0 Å². The van der Waals surface area contributed by atoms with E-state index in [1.807, 2.05) is 16.1 Å². The summed E-state index contributed by atoms with van der Waals surface area (Å²) >= 11 is 0. The van der Waals surface area contributed by atoms with E-state index in [-0.39, 0.29) is 23.4 Å². The van der Waals surface area contributed by atoms with Crippen molar-refractivity contribution in [3.05, 3.63) is 77.9 Å². The molecule has 136 valence electrons. The first-order chi connectivity index (χ1) is 13.3. The minimum absolute atomic E-state index is 0.0411. The van der Waals surface area contributed by atoms with Gasteiger partial charge >= 0.3 is 0 Å². The summed E-state index contributed by atoms with van der Waals surface area (Å²) in [6.45, 7) is 0. The van der Waals surface area contributed by atoms with E-state index < -0.39 is 7.92 Å². The second-order valence-corrected chi connectivity index (χ2v) is 9.52. The number of carbonyl (C=O) groups excluding carboxylic acids is 2. The number of nitrogens with zero attached hydrogens (tertiary/aromatic N) is 2. The largest absolute Gasteiger partial charge is 0.273 e. The van der Waals surface area contributed by atoms with Crippen molar-refractivity contribution >= 4 is 25.0 Å². The molecule has 0 N–H and O–H groups in total. The molecule has 0 radical (unpaired) electrons. The zero-order valence-corrected chi connectivity index (χ0v) is 15.9. The number of hydrazine groups is 1. The molecule has 5 heteroatoms. The van der Waals surface area contributed by atoms with Crippen LogP contribution in [0.4, 0.5) is 0 Å². The van der Waals surface area contributed by atoms with Crippen LogP contribution >= 0.6 is 7.92 Å². The van der Waals surface area contributed by atoms with Crippen molar-refractivity contribution in [1.29, 1.82) is 0 Å². The number of carbonyl (C=O) groups is 2. The van der Waals surface area contributed by atoms with Crippen molar-refractivity contribution < 1.29 is 9.59 Å². The lowest BCUT2D eigenvalue weighted by molar-refractivity contribution is -0.169. The molecule has 5 rings (SSSR count). The molecular weight excluding hydrogens is 355 g/mol. The number of allylic oxidation sites excluding steroid dienone is 6. The smallest absolute Gasteiger partial charge is 0.242 e. The Bertz CT molecular complexity index is 860. The van der Waals surface area contributed by atoms with E-state index in [0.717, 1.165) is 12.8 Å². The van der Waals surface area contributed by atoms with Gasteiger partial charge in [0.05, 0.1) is 0 Å². The van der Waals surface area contributed by atoms with Crippen LogP contribution in [0.15, 0.2) is 77.9 Å². The van der Waals surface area contributed by atoms with Gasteiger partial charge in [-0.1, -0.05) is 66.8 Å². The van der Waals surface area contributed by atoms with Gasteiger partial charge in [0.1, 0.15) is 11.6 Å². The summed E-state index contributed by atoms with van der Waals surface area (Å²) < 4.78 is 0. The molecule has 0 spiro atoms.